The van der Waals surface area contributed by atoms with Crippen molar-refractivity contribution in [2.45, 2.75) is 9.79 Å². The Morgan fingerprint density at radius 1 is 0.357 bits per heavy atom. The zero-order valence-electron chi connectivity index (χ0n) is 22.7. The lowest BCUT2D eigenvalue weighted by molar-refractivity contribution is 0.669. The van der Waals surface area contributed by atoms with E-state index >= 15 is 0 Å². The number of benzene rings is 7. The lowest BCUT2D eigenvalue weighted by Crippen LogP contribution is -1.94. The van der Waals surface area contributed by atoms with E-state index in [-0.39, 0.29) is 0 Å². The summed E-state index contributed by atoms with van der Waals surface area (Å²) in [5, 5.41) is 4.99. The van der Waals surface area contributed by atoms with E-state index in [2.05, 4.69) is 133 Å². The third-order valence-electron chi connectivity index (χ3n) is 8.53. The van der Waals surface area contributed by atoms with E-state index in [1.54, 1.807) is 0 Å². The first-order chi connectivity index (χ1) is 20.8. The second-order valence-electron chi connectivity index (χ2n) is 10.9. The molecule has 0 aliphatic carbocycles. The van der Waals surface area contributed by atoms with Gasteiger partial charge in [0.1, 0.15) is 11.2 Å². The third-order valence-corrected chi connectivity index (χ3v) is 9.66. The SMILES string of the molecule is c1ccc2c(c1)Sc1ccc(-c3ccc(-c4ccc(-c5ccc6c(c5)oc5ccccc56)cc4)cc3)c3cccc-2c13. The minimum atomic E-state index is 0.926. The first kappa shape index (κ1) is 23.6. The predicted octanol–water partition coefficient (Wildman–Crippen LogP) is 11.9. The molecule has 196 valence electrons. The molecule has 9 rings (SSSR count). The van der Waals surface area contributed by atoms with Gasteiger partial charge in [0, 0.05) is 25.9 Å². The Kier molecular flexibility index (Phi) is 5.20. The van der Waals surface area contributed by atoms with Crippen LogP contribution in [0.1, 0.15) is 0 Å². The van der Waals surface area contributed by atoms with E-state index in [0.29, 0.717) is 0 Å². The summed E-state index contributed by atoms with van der Waals surface area (Å²) in [6.45, 7) is 0. The maximum absolute atomic E-state index is 6.12. The minimum absolute atomic E-state index is 0.926. The molecule has 0 amide bonds. The zero-order chi connectivity index (χ0) is 27.6. The van der Waals surface area contributed by atoms with Gasteiger partial charge >= 0.3 is 0 Å². The Labute approximate surface area is 248 Å². The number of hydrogen-bond donors (Lipinski definition) is 0. The van der Waals surface area contributed by atoms with Crippen molar-refractivity contribution in [1.82, 2.24) is 0 Å². The Hall–Kier alpha value is -5.05. The van der Waals surface area contributed by atoms with E-state index in [1.165, 1.54) is 59.5 Å². The van der Waals surface area contributed by atoms with Gasteiger partial charge in [0.05, 0.1) is 0 Å². The molecule has 0 saturated heterocycles. The summed E-state index contributed by atoms with van der Waals surface area (Å²) in [6, 6.07) is 52.6. The molecule has 0 atom stereocenters. The molecule has 0 spiro atoms. The number of rotatable bonds is 3. The highest BCUT2D eigenvalue weighted by molar-refractivity contribution is 7.99. The maximum atomic E-state index is 6.12. The molecular weight excluding hydrogens is 529 g/mol. The monoisotopic (exact) mass is 552 g/mol. The van der Waals surface area contributed by atoms with Gasteiger partial charge in [0.2, 0.25) is 0 Å². The van der Waals surface area contributed by atoms with Crippen molar-refractivity contribution in [2.75, 3.05) is 0 Å². The number of fused-ring (bicyclic) bond motifs is 5. The second-order valence-corrected chi connectivity index (χ2v) is 12.0. The molecule has 0 bridgehead atoms. The standard InChI is InChI=1S/C40H24OS/c1-3-10-36-31(6-1)32-21-20-29(24-37(32)41-36)27-14-12-25(13-15-27)26-16-18-28(19-17-26)30-22-23-39-40-34(30)8-5-9-35(40)33-7-2-4-11-38(33)42-39/h1-24H. The van der Waals surface area contributed by atoms with Crippen LogP contribution in [-0.4, -0.2) is 0 Å². The first-order valence-corrected chi connectivity index (χ1v) is 15.1. The number of para-hydroxylation sites is 1. The molecule has 2 heteroatoms. The van der Waals surface area contributed by atoms with Gasteiger partial charge in [-0.1, -0.05) is 127 Å². The highest BCUT2D eigenvalue weighted by atomic mass is 32.2. The van der Waals surface area contributed by atoms with Crippen molar-refractivity contribution in [3.05, 3.63) is 146 Å². The van der Waals surface area contributed by atoms with E-state index in [0.717, 1.165) is 27.5 Å². The Balaban J connectivity index is 1.04. The molecule has 8 aromatic rings. The third kappa shape index (κ3) is 3.66. The summed E-state index contributed by atoms with van der Waals surface area (Å²) in [5.74, 6) is 0. The molecule has 0 radical (unpaired) electrons. The summed E-state index contributed by atoms with van der Waals surface area (Å²) in [7, 11) is 0. The largest absolute Gasteiger partial charge is 0.456 e. The quantitative estimate of drug-likeness (QED) is 0.216. The van der Waals surface area contributed by atoms with Gasteiger partial charge in [0.25, 0.3) is 0 Å². The molecule has 0 fully saturated rings. The van der Waals surface area contributed by atoms with Crippen LogP contribution in [0.3, 0.4) is 0 Å². The van der Waals surface area contributed by atoms with Crippen LogP contribution in [0.5, 0.6) is 0 Å². The lowest BCUT2D eigenvalue weighted by Gasteiger charge is -2.21. The van der Waals surface area contributed by atoms with Crippen molar-refractivity contribution in [3.8, 4) is 44.5 Å². The fourth-order valence-electron chi connectivity index (χ4n) is 6.44. The second kappa shape index (κ2) is 9.24. The van der Waals surface area contributed by atoms with E-state index in [1.807, 2.05) is 23.9 Å². The van der Waals surface area contributed by atoms with Gasteiger partial charge in [0.15, 0.2) is 0 Å². The van der Waals surface area contributed by atoms with Crippen LogP contribution in [0.15, 0.2) is 160 Å². The Morgan fingerprint density at radius 2 is 0.976 bits per heavy atom. The maximum Gasteiger partial charge on any atom is 0.136 e. The Morgan fingerprint density at radius 3 is 1.81 bits per heavy atom. The highest BCUT2D eigenvalue weighted by Gasteiger charge is 2.20. The van der Waals surface area contributed by atoms with E-state index in [9.17, 15) is 0 Å². The van der Waals surface area contributed by atoms with Gasteiger partial charge in [-0.05, 0) is 80.2 Å². The van der Waals surface area contributed by atoms with Crippen LogP contribution in [0.2, 0.25) is 0 Å². The van der Waals surface area contributed by atoms with Crippen molar-refractivity contribution >= 4 is 44.5 Å². The molecule has 0 unspecified atom stereocenters. The normalized spacial score (nSPS) is 12.2. The van der Waals surface area contributed by atoms with Crippen LogP contribution in [0.4, 0.5) is 0 Å². The average molecular weight is 553 g/mol. The van der Waals surface area contributed by atoms with Gasteiger partial charge in [-0.3, -0.25) is 0 Å². The topological polar surface area (TPSA) is 13.1 Å². The molecule has 2 heterocycles. The predicted molar refractivity (Wildman–Crippen MR) is 177 cm³/mol. The van der Waals surface area contributed by atoms with Crippen molar-refractivity contribution in [1.29, 1.82) is 0 Å². The summed E-state index contributed by atoms with van der Waals surface area (Å²) in [5.41, 5.74) is 11.8. The fraction of sp³-hybridized carbons (Fsp3) is 0. The molecule has 1 aliphatic rings. The number of hydrogen-bond acceptors (Lipinski definition) is 2. The van der Waals surface area contributed by atoms with Gasteiger partial charge in [-0.15, -0.1) is 0 Å². The smallest absolute Gasteiger partial charge is 0.136 e. The summed E-state index contributed by atoms with van der Waals surface area (Å²) in [6.07, 6.45) is 0. The summed E-state index contributed by atoms with van der Waals surface area (Å²) in [4.78, 5) is 2.66. The first-order valence-electron chi connectivity index (χ1n) is 14.3. The fourth-order valence-corrected chi connectivity index (χ4v) is 7.56. The van der Waals surface area contributed by atoms with Gasteiger partial charge in [-0.2, -0.15) is 0 Å². The molecule has 1 aliphatic heterocycles. The van der Waals surface area contributed by atoms with Gasteiger partial charge < -0.3 is 4.42 Å². The molecule has 1 aromatic heterocycles. The molecule has 42 heavy (non-hydrogen) atoms. The minimum Gasteiger partial charge on any atom is -0.456 e. The van der Waals surface area contributed by atoms with Crippen LogP contribution >= 0.6 is 11.8 Å². The highest BCUT2D eigenvalue weighted by Crippen LogP contribution is 2.49. The lowest BCUT2D eigenvalue weighted by atomic mass is 9.91. The van der Waals surface area contributed by atoms with Crippen LogP contribution in [-0.2, 0) is 0 Å². The van der Waals surface area contributed by atoms with Crippen LogP contribution < -0.4 is 0 Å². The summed E-state index contributed by atoms with van der Waals surface area (Å²) < 4.78 is 6.12. The zero-order valence-corrected chi connectivity index (χ0v) is 23.5. The number of furan rings is 1. The summed E-state index contributed by atoms with van der Waals surface area (Å²) >= 11 is 1.87. The Bertz CT molecular complexity index is 2310. The average Bonchev–Trinajstić information content (AvgIpc) is 3.43. The molecule has 0 N–H and O–H groups in total. The van der Waals surface area contributed by atoms with Crippen molar-refractivity contribution in [2.24, 2.45) is 0 Å². The molecular formula is C40H24OS. The van der Waals surface area contributed by atoms with Crippen LogP contribution in [0.25, 0.3) is 77.2 Å². The van der Waals surface area contributed by atoms with Crippen molar-refractivity contribution < 1.29 is 4.42 Å². The van der Waals surface area contributed by atoms with E-state index in [4.69, 9.17) is 4.42 Å². The van der Waals surface area contributed by atoms with E-state index < -0.39 is 0 Å². The molecule has 1 nitrogen and oxygen atoms in total. The van der Waals surface area contributed by atoms with Gasteiger partial charge in [-0.25, -0.2) is 0 Å². The molecule has 0 saturated carbocycles. The molecule has 7 aromatic carbocycles. The van der Waals surface area contributed by atoms with Crippen molar-refractivity contribution in [3.63, 3.8) is 0 Å². The van der Waals surface area contributed by atoms with Crippen LogP contribution in [0, 0.1) is 0 Å².